The molecule has 2 aromatic rings. The molecule has 0 N–H and O–H groups in total. The molecule has 0 bridgehead atoms. The SMILES string of the molecule is Cn1nc(C2CC2)cc1C(=O)N1CC[C@@]23OC[C@@H](c4ccccc4)N2C(=O)C[C@@H]13. The normalized spacial score (nSPS) is 30.7. The standard InChI is InChI=1S/C22H24N4O3/c1-24-17(11-16(23-24)14-7-8-14)21(28)25-10-9-22-19(25)12-20(27)26(22)18(13-29-22)15-5-3-2-4-6-15/h2-6,11,14,18-19H,7-10,12-13H2,1H3/t18-,19+,22-/m0/s1. The first-order valence-corrected chi connectivity index (χ1v) is 10.4. The molecule has 7 nitrogen and oxygen atoms in total. The minimum absolute atomic E-state index is 0.0461. The van der Waals surface area contributed by atoms with Gasteiger partial charge in [0.15, 0.2) is 5.72 Å². The number of rotatable bonds is 3. The van der Waals surface area contributed by atoms with Gasteiger partial charge in [-0.15, -0.1) is 0 Å². The zero-order valence-corrected chi connectivity index (χ0v) is 16.5. The Kier molecular flexibility index (Phi) is 3.51. The van der Waals surface area contributed by atoms with Crippen molar-refractivity contribution in [3.63, 3.8) is 0 Å². The van der Waals surface area contributed by atoms with Gasteiger partial charge in [0.1, 0.15) is 5.69 Å². The summed E-state index contributed by atoms with van der Waals surface area (Å²) >= 11 is 0. The van der Waals surface area contributed by atoms with E-state index >= 15 is 0 Å². The van der Waals surface area contributed by atoms with E-state index in [0.717, 1.165) is 24.1 Å². The number of ether oxygens (including phenoxy) is 1. The van der Waals surface area contributed by atoms with Crippen LogP contribution in [0.1, 0.15) is 59.4 Å². The first-order chi connectivity index (χ1) is 14.1. The highest BCUT2D eigenvalue weighted by Gasteiger charge is 2.65. The van der Waals surface area contributed by atoms with Crippen molar-refractivity contribution in [1.82, 2.24) is 19.6 Å². The van der Waals surface area contributed by atoms with Crippen LogP contribution in [-0.2, 0) is 16.6 Å². The summed E-state index contributed by atoms with van der Waals surface area (Å²) in [6.07, 6.45) is 3.28. The number of carbonyl (C=O) groups excluding carboxylic acids is 2. The van der Waals surface area contributed by atoms with E-state index in [-0.39, 0.29) is 23.9 Å². The van der Waals surface area contributed by atoms with Crippen LogP contribution in [0.5, 0.6) is 0 Å². The summed E-state index contributed by atoms with van der Waals surface area (Å²) in [4.78, 5) is 30.2. The van der Waals surface area contributed by atoms with Crippen molar-refractivity contribution in [2.75, 3.05) is 13.2 Å². The van der Waals surface area contributed by atoms with Gasteiger partial charge in [-0.3, -0.25) is 14.3 Å². The van der Waals surface area contributed by atoms with Crippen LogP contribution in [0.15, 0.2) is 36.4 Å². The Morgan fingerprint density at radius 1 is 1.24 bits per heavy atom. The summed E-state index contributed by atoms with van der Waals surface area (Å²) in [5.74, 6) is 0.527. The van der Waals surface area contributed by atoms with Crippen LogP contribution in [0.4, 0.5) is 0 Å². The minimum atomic E-state index is -0.689. The van der Waals surface area contributed by atoms with Crippen molar-refractivity contribution in [3.05, 3.63) is 53.3 Å². The summed E-state index contributed by atoms with van der Waals surface area (Å²) in [6.45, 7) is 1.07. The van der Waals surface area contributed by atoms with E-state index in [9.17, 15) is 9.59 Å². The number of carbonyl (C=O) groups is 2. The summed E-state index contributed by atoms with van der Waals surface area (Å²) in [7, 11) is 1.83. The van der Waals surface area contributed by atoms with Gasteiger partial charge in [0.2, 0.25) is 5.91 Å². The lowest BCUT2D eigenvalue weighted by molar-refractivity contribution is -0.138. The average Bonchev–Trinajstić information content (AvgIpc) is 3.14. The van der Waals surface area contributed by atoms with Gasteiger partial charge in [0, 0.05) is 25.9 Å². The number of hydrogen-bond acceptors (Lipinski definition) is 4. The molecule has 4 aliphatic rings. The second kappa shape index (κ2) is 5.92. The zero-order valence-electron chi connectivity index (χ0n) is 16.5. The van der Waals surface area contributed by atoms with Gasteiger partial charge in [-0.2, -0.15) is 5.10 Å². The molecule has 1 aromatic carbocycles. The average molecular weight is 392 g/mol. The van der Waals surface area contributed by atoms with Gasteiger partial charge in [-0.1, -0.05) is 30.3 Å². The summed E-state index contributed by atoms with van der Waals surface area (Å²) in [5.41, 5.74) is 2.01. The van der Waals surface area contributed by atoms with Crippen molar-refractivity contribution >= 4 is 11.8 Å². The molecule has 150 valence electrons. The van der Waals surface area contributed by atoms with Gasteiger partial charge < -0.3 is 14.5 Å². The minimum Gasteiger partial charge on any atom is -0.351 e. The van der Waals surface area contributed by atoms with Gasteiger partial charge in [-0.05, 0) is 24.5 Å². The first-order valence-electron chi connectivity index (χ1n) is 10.4. The van der Waals surface area contributed by atoms with Crippen molar-refractivity contribution in [3.8, 4) is 0 Å². The molecule has 4 fully saturated rings. The molecule has 2 amide bonds. The molecule has 1 spiro atoms. The maximum Gasteiger partial charge on any atom is 0.272 e. The van der Waals surface area contributed by atoms with E-state index in [1.807, 2.05) is 53.2 Å². The number of aryl methyl sites for hydroxylation is 1. The fourth-order valence-corrected chi connectivity index (χ4v) is 5.42. The Bertz CT molecular complexity index is 999. The second-order valence-electron chi connectivity index (χ2n) is 8.67. The molecule has 6 rings (SSSR count). The lowest BCUT2D eigenvalue weighted by Crippen LogP contribution is -2.49. The smallest absolute Gasteiger partial charge is 0.272 e. The third-order valence-corrected chi connectivity index (χ3v) is 7.01. The van der Waals surface area contributed by atoms with Gasteiger partial charge in [0.05, 0.1) is 30.8 Å². The quantitative estimate of drug-likeness (QED) is 0.803. The van der Waals surface area contributed by atoms with E-state index in [1.165, 1.54) is 0 Å². The number of aromatic nitrogens is 2. The molecule has 29 heavy (non-hydrogen) atoms. The Balaban J connectivity index is 1.31. The van der Waals surface area contributed by atoms with E-state index in [1.54, 1.807) is 4.68 Å². The van der Waals surface area contributed by atoms with Crippen LogP contribution < -0.4 is 0 Å². The summed E-state index contributed by atoms with van der Waals surface area (Å²) in [5, 5.41) is 4.54. The van der Waals surface area contributed by atoms with Crippen LogP contribution in [0.2, 0.25) is 0 Å². The molecule has 7 heteroatoms. The maximum atomic E-state index is 13.4. The highest BCUT2D eigenvalue weighted by molar-refractivity contribution is 5.94. The third-order valence-electron chi connectivity index (χ3n) is 7.01. The Labute approximate surface area is 169 Å². The molecule has 1 aromatic heterocycles. The number of amides is 2. The van der Waals surface area contributed by atoms with Crippen molar-refractivity contribution in [2.45, 2.75) is 49.4 Å². The van der Waals surface area contributed by atoms with Crippen LogP contribution in [0.3, 0.4) is 0 Å². The third kappa shape index (κ3) is 2.37. The highest BCUT2D eigenvalue weighted by atomic mass is 16.5. The zero-order chi connectivity index (χ0) is 19.8. The first kappa shape index (κ1) is 17.2. The predicted molar refractivity (Wildman–Crippen MR) is 104 cm³/mol. The topological polar surface area (TPSA) is 67.7 Å². The highest BCUT2D eigenvalue weighted by Crippen LogP contribution is 2.51. The lowest BCUT2D eigenvalue weighted by Gasteiger charge is -2.33. The van der Waals surface area contributed by atoms with Crippen molar-refractivity contribution < 1.29 is 14.3 Å². The Hall–Kier alpha value is -2.67. The van der Waals surface area contributed by atoms with Crippen molar-refractivity contribution in [1.29, 1.82) is 0 Å². The van der Waals surface area contributed by atoms with Gasteiger partial charge in [0.25, 0.3) is 5.91 Å². The molecule has 0 unspecified atom stereocenters. The van der Waals surface area contributed by atoms with E-state index in [2.05, 4.69) is 5.10 Å². The molecular weight excluding hydrogens is 368 g/mol. The molecule has 1 saturated carbocycles. The fraction of sp³-hybridized carbons (Fsp3) is 0.500. The maximum absolute atomic E-state index is 13.4. The summed E-state index contributed by atoms with van der Waals surface area (Å²) < 4.78 is 8.01. The van der Waals surface area contributed by atoms with Gasteiger partial charge >= 0.3 is 0 Å². The van der Waals surface area contributed by atoms with E-state index in [0.29, 0.717) is 37.6 Å². The van der Waals surface area contributed by atoms with E-state index < -0.39 is 5.72 Å². The van der Waals surface area contributed by atoms with Gasteiger partial charge in [-0.25, -0.2) is 0 Å². The fourth-order valence-electron chi connectivity index (χ4n) is 5.42. The van der Waals surface area contributed by atoms with Crippen LogP contribution in [0, 0.1) is 0 Å². The van der Waals surface area contributed by atoms with Crippen molar-refractivity contribution in [2.24, 2.45) is 7.05 Å². The van der Waals surface area contributed by atoms with Crippen LogP contribution in [0.25, 0.3) is 0 Å². The van der Waals surface area contributed by atoms with Crippen LogP contribution >= 0.6 is 0 Å². The predicted octanol–water partition coefficient (Wildman–Crippen LogP) is 2.21. The number of likely N-dealkylation sites (tertiary alicyclic amines) is 1. The summed E-state index contributed by atoms with van der Waals surface area (Å²) in [6, 6.07) is 11.6. The van der Waals surface area contributed by atoms with E-state index in [4.69, 9.17) is 4.74 Å². The molecule has 3 atom stereocenters. The Morgan fingerprint density at radius 2 is 2.03 bits per heavy atom. The molecule has 4 heterocycles. The number of hydrogen-bond donors (Lipinski definition) is 0. The molecule has 1 aliphatic carbocycles. The molecule has 3 aliphatic heterocycles. The lowest BCUT2D eigenvalue weighted by atomic mass is 10.0. The molecular formula is C22H24N4O3. The monoisotopic (exact) mass is 392 g/mol. The number of nitrogens with zero attached hydrogens (tertiary/aromatic N) is 4. The second-order valence-corrected chi connectivity index (χ2v) is 8.67. The van der Waals surface area contributed by atoms with Crippen LogP contribution in [-0.4, -0.2) is 56.3 Å². The Morgan fingerprint density at radius 3 is 2.79 bits per heavy atom. The number of benzene rings is 1. The molecule has 0 radical (unpaired) electrons. The largest absolute Gasteiger partial charge is 0.351 e. The molecule has 3 saturated heterocycles.